The van der Waals surface area contributed by atoms with E-state index in [0.29, 0.717) is 13.0 Å². The first-order valence-electron chi connectivity index (χ1n) is 4.74. The van der Waals surface area contributed by atoms with Crippen LogP contribution in [0.15, 0.2) is 0 Å². The Morgan fingerprint density at radius 3 is 2.69 bits per heavy atom. The van der Waals surface area contributed by atoms with Crippen molar-refractivity contribution in [2.75, 3.05) is 26.9 Å². The number of carbonyl (C=O) groups excluding carboxylic acids is 1. The average molecular weight is 188 g/mol. The van der Waals surface area contributed by atoms with Crippen molar-refractivity contribution in [3.05, 3.63) is 0 Å². The number of nitrogens with two attached hydrogens (primary N) is 1. The van der Waals surface area contributed by atoms with Gasteiger partial charge in [0.15, 0.2) is 0 Å². The summed E-state index contributed by atoms with van der Waals surface area (Å²) in [5, 5.41) is 0. The zero-order valence-corrected chi connectivity index (χ0v) is 8.58. The average Bonchev–Trinajstić information content (AvgIpc) is 2.16. The summed E-state index contributed by atoms with van der Waals surface area (Å²) in [5.41, 5.74) is 5.29. The van der Waals surface area contributed by atoms with Crippen molar-refractivity contribution in [2.24, 2.45) is 5.73 Å². The third kappa shape index (κ3) is 6.54. The topological polar surface area (TPSA) is 55.6 Å². The molecular formula is C9H20N2O2. The molecule has 0 atom stereocenters. The number of amides is 1. The Balaban J connectivity index is 3.27. The maximum atomic E-state index is 11.2. The van der Waals surface area contributed by atoms with Crippen LogP contribution in [0.5, 0.6) is 0 Å². The normalized spacial score (nSPS) is 10.1. The predicted molar refractivity (Wildman–Crippen MR) is 52.2 cm³/mol. The van der Waals surface area contributed by atoms with Crippen LogP contribution in [0.1, 0.15) is 26.2 Å². The monoisotopic (exact) mass is 188 g/mol. The summed E-state index contributed by atoms with van der Waals surface area (Å²) in [5.74, 6) is 0.0407. The second-order valence-electron chi connectivity index (χ2n) is 2.99. The quantitative estimate of drug-likeness (QED) is 0.469. The van der Waals surface area contributed by atoms with E-state index in [1.807, 2.05) is 0 Å². The number of ether oxygens (including phenoxy) is 1. The summed E-state index contributed by atoms with van der Waals surface area (Å²) < 4.78 is 5.25. The molecule has 0 aliphatic carbocycles. The second kappa shape index (κ2) is 8.01. The summed E-state index contributed by atoms with van der Waals surface area (Å²) >= 11 is 0. The van der Waals surface area contributed by atoms with Crippen LogP contribution in [0.4, 0.5) is 0 Å². The van der Waals surface area contributed by atoms with Gasteiger partial charge < -0.3 is 15.4 Å². The number of unbranched alkanes of at least 4 members (excludes halogenated alkanes) is 1. The molecule has 13 heavy (non-hydrogen) atoms. The van der Waals surface area contributed by atoms with Gasteiger partial charge in [0.25, 0.3) is 0 Å². The Morgan fingerprint density at radius 1 is 1.46 bits per heavy atom. The highest BCUT2D eigenvalue weighted by molar-refractivity contribution is 5.75. The maximum absolute atomic E-state index is 11.2. The fraction of sp³-hybridized carbons (Fsp3) is 0.889. The van der Waals surface area contributed by atoms with E-state index >= 15 is 0 Å². The first-order valence-corrected chi connectivity index (χ1v) is 4.74. The molecule has 0 aromatic carbocycles. The van der Waals surface area contributed by atoms with Crippen LogP contribution < -0.4 is 5.73 Å². The zero-order valence-electron chi connectivity index (χ0n) is 8.58. The Labute approximate surface area is 80.0 Å². The van der Waals surface area contributed by atoms with Gasteiger partial charge in [-0.05, 0) is 6.42 Å². The number of carbonyl (C=O) groups is 1. The van der Waals surface area contributed by atoms with E-state index in [2.05, 4.69) is 6.92 Å². The van der Waals surface area contributed by atoms with Crippen LogP contribution in [0.3, 0.4) is 0 Å². The van der Waals surface area contributed by atoms with E-state index in [1.165, 1.54) is 4.90 Å². The van der Waals surface area contributed by atoms with Crippen molar-refractivity contribution in [3.8, 4) is 0 Å². The van der Waals surface area contributed by atoms with Crippen molar-refractivity contribution in [3.63, 3.8) is 0 Å². The Hall–Kier alpha value is -0.610. The SMILES string of the molecule is CCCCOCCC(=O)N(C)CN. The molecule has 0 spiro atoms. The van der Waals surface area contributed by atoms with Crippen molar-refractivity contribution in [2.45, 2.75) is 26.2 Å². The van der Waals surface area contributed by atoms with Crippen molar-refractivity contribution < 1.29 is 9.53 Å². The first-order chi connectivity index (χ1) is 6.22. The lowest BCUT2D eigenvalue weighted by Crippen LogP contribution is -2.32. The Bertz CT molecular complexity index is 140. The summed E-state index contributed by atoms with van der Waals surface area (Å²) in [6, 6.07) is 0. The van der Waals surface area contributed by atoms with Gasteiger partial charge in [0.2, 0.25) is 5.91 Å². The van der Waals surface area contributed by atoms with Crippen LogP contribution >= 0.6 is 0 Å². The molecule has 0 fully saturated rings. The second-order valence-corrected chi connectivity index (χ2v) is 2.99. The van der Waals surface area contributed by atoms with Gasteiger partial charge in [-0.2, -0.15) is 0 Å². The molecule has 1 amide bonds. The molecule has 0 saturated heterocycles. The summed E-state index contributed by atoms with van der Waals surface area (Å²) in [7, 11) is 1.69. The molecule has 0 aromatic heterocycles. The van der Waals surface area contributed by atoms with E-state index in [1.54, 1.807) is 7.05 Å². The van der Waals surface area contributed by atoms with Gasteiger partial charge in [0.05, 0.1) is 19.7 Å². The standard InChI is InChI=1S/C9H20N2O2/c1-3-4-6-13-7-5-9(12)11(2)8-10/h3-8,10H2,1-2H3. The fourth-order valence-corrected chi connectivity index (χ4v) is 0.801. The van der Waals surface area contributed by atoms with E-state index < -0.39 is 0 Å². The molecule has 0 aliphatic rings. The van der Waals surface area contributed by atoms with E-state index in [4.69, 9.17) is 10.5 Å². The van der Waals surface area contributed by atoms with Crippen molar-refractivity contribution >= 4 is 5.91 Å². The molecule has 0 unspecified atom stereocenters. The molecule has 0 heterocycles. The molecule has 78 valence electrons. The van der Waals surface area contributed by atoms with E-state index in [9.17, 15) is 4.79 Å². The minimum absolute atomic E-state index is 0.0407. The van der Waals surface area contributed by atoms with Gasteiger partial charge in [-0.3, -0.25) is 4.79 Å². The number of nitrogens with zero attached hydrogens (tertiary/aromatic N) is 1. The van der Waals surface area contributed by atoms with Crippen molar-refractivity contribution in [1.29, 1.82) is 0 Å². The molecule has 4 nitrogen and oxygen atoms in total. The van der Waals surface area contributed by atoms with Crippen molar-refractivity contribution in [1.82, 2.24) is 4.90 Å². The molecule has 0 aromatic rings. The zero-order chi connectivity index (χ0) is 10.1. The molecule has 0 aliphatic heterocycles. The van der Waals surface area contributed by atoms with Crippen LogP contribution in [0.25, 0.3) is 0 Å². The Kier molecular flexibility index (Phi) is 7.63. The Morgan fingerprint density at radius 2 is 2.15 bits per heavy atom. The molecule has 0 saturated carbocycles. The largest absolute Gasteiger partial charge is 0.381 e. The minimum Gasteiger partial charge on any atom is -0.381 e. The van der Waals surface area contributed by atoms with E-state index in [-0.39, 0.29) is 12.6 Å². The smallest absolute Gasteiger partial charge is 0.225 e. The molecule has 0 radical (unpaired) electrons. The number of hydrogen-bond acceptors (Lipinski definition) is 3. The maximum Gasteiger partial charge on any atom is 0.225 e. The van der Waals surface area contributed by atoms with Gasteiger partial charge >= 0.3 is 0 Å². The fourth-order valence-electron chi connectivity index (χ4n) is 0.801. The molecular weight excluding hydrogens is 168 g/mol. The summed E-state index contributed by atoms with van der Waals surface area (Å²) in [6.07, 6.45) is 2.61. The first kappa shape index (κ1) is 12.4. The molecule has 2 N–H and O–H groups in total. The van der Waals surface area contributed by atoms with Crippen LogP contribution in [-0.2, 0) is 9.53 Å². The highest BCUT2D eigenvalue weighted by atomic mass is 16.5. The number of rotatable bonds is 7. The van der Waals surface area contributed by atoms with Gasteiger partial charge in [-0.15, -0.1) is 0 Å². The van der Waals surface area contributed by atoms with Gasteiger partial charge in [0, 0.05) is 13.7 Å². The number of hydrogen-bond donors (Lipinski definition) is 1. The lowest BCUT2D eigenvalue weighted by atomic mass is 10.3. The third-order valence-electron chi connectivity index (χ3n) is 1.80. The van der Waals surface area contributed by atoms with E-state index in [0.717, 1.165) is 19.4 Å². The van der Waals surface area contributed by atoms with Gasteiger partial charge in [-0.25, -0.2) is 0 Å². The third-order valence-corrected chi connectivity index (χ3v) is 1.80. The van der Waals surface area contributed by atoms with Gasteiger partial charge in [0.1, 0.15) is 0 Å². The lowest BCUT2D eigenvalue weighted by molar-refractivity contribution is -0.130. The summed E-state index contributed by atoms with van der Waals surface area (Å²) in [6.45, 7) is 3.63. The van der Waals surface area contributed by atoms with Gasteiger partial charge in [-0.1, -0.05) is 13.3 Å². The van der Waals surface area contributed by atoms with Crippen LogP contribution in [0, 0.1) is 0 Å². The van der Waals surface area contributed by atoms with Crippen LogP contribution in [-0.4, -0.2) is 37.7 Å². The molecule has 0 rings (SSSR count). The highest BCUT2D eigenvalue weighted by Gasteiger charge is 2.05. The summed E-state index contributed by atoms with van der Waals surface area (Å²) in [4.78, 5) is 12.7. The lowest BCUT2D eigenvalue weighted by Gasteiger charge is -2.13. The molecule has 4 heteroatoms. The minimum atomic E-state index is 0.0407. The van der Waals surface area contributed by atoms with Crippen LogP contribution in [0.2, 0.25) is 0 Å². The highest BCUT2D eigenvalue weighted by Crippen LogP contribution is 1.92. The molecule has 0 bridgehead atoms. The predicted octanol–water partition coefficient (Wildman–Crippen LogP) is 0.568.